The van der Waals surface area contributed by atoms with Gasteiger partial charge in [-0.25, -0.2) is 4.79 Å². The predicted octanol–water partition coefficient (Wildman–Crippen LogP) is 4.41. The molecular weight excluding hydrogens is 336 g/mol. The molecular formula is C20H34O6. The van der Waals surface area contributed by atoms with Crippen LogP contribution in [0.25, 0.3) is 0 Å². The fourth-order valence-corrected chi connectivity index (χ4v) is 2.36. The number of hydrogen-bond acceptors (Lipinski definition) is 5. The van der Waals surface area contributed by atoms with Crippen LogP contribution in [0.2, 0.25) is 0 Å². The van der Waals surface area contributed by atoms with Crippen LogP contribution in [-0.4, -0.2) is 36.2 Å². The Labute approximate surface area is 156 Å². The third-order valence-corrected chi connectivity index (χ3v) is 3.90. The number of carbonyl (C=O) groups is 3. The van der Waals surface area contributed by atoms with Crippen molar-refractivity contribution >= 4 is 17.9 Å². The van der Waals surface area contributed by atoms with Crippen molar-refractivity contribution in [2.45, 2.75) is 84.0 Å². The molecule has 0 aliphatic carbocycles. The highest BCUT2D eigenvalue weighted by molar-refractivity contribution is 5.86. The SMILES string of the molecule is C=C(C)C(=O)OCCCCOC(=O)CCCCCCCCCCC(=O)O. The average molecular weight is 370 g/mol. The minimum Gasteiger partial charge on any atom is -0.481 e. The molecule has 0 aliphatic rings. The number of esters is 2. The average Bonchev–Trinajstić information content (AvgIpc) is 2.58. The zero-order valence-electron chi connectivity index (χ0n) is 16.1. The second-order valence-electron chi connectivity index (χ2n) is 6.57. The summed E-state index contributed by atoms with van der Waals surface area (Å²) in [4.78, 5) is 33.1. The first kappa shape index (κ1) is 24.1. The maximum absolute atomic E-state index is 11.6. The smallest absolute Gasteiger partial charge is 0.333 e. The first-order valence-corrected chi connectivity index (χ1v) is 9.63. The van der Waals surface area contributed by atoms with Crippen molar-refractivity contribution in [3.63, 3.8) is 0 Å². The van der Waals surface area contributed by atoms with E-state index in [9.17, 15) is 14.4 Å². The van der Waals surface area contributed by atoms with Crippen LogP contribution in [0.4, 0.5) is 0 Å². The Morgan fingerprint density at radius 2 is 1.19 bits per heavy atom. The molecule has 0 fully saturated rings. The Morgan fingerprint density at radius 1 is 0.731 bits per heavy atom. The van der Waals surface area contributed by atoms with Crippen LogP contribution in [0.1, 0.15) is 84.0 Å². The summed E-state index contributed by atoms with van der Waals surface area (Å²) in [6.07, 6.45) is 10.1. The number of ether oxygens (including phenoxy) is 2. The van der Waals surface area contributed by atoms with E-state index in [-0.39, 0.29) is 18.4 Å². The number of carbonyl (C=O) groups excluding carboxylic acids is 2. The van der Waals surface area contributed by atoms with Gasteiger partial charge in [-0.1, -0.05) is 45.1 Å². The third kappa shape index (κ3) is 17.0. The zero-order chi connectivity index (χ0) is 19.6. The van der Waals surface area contributed by atoms with Crippen molar-refractivity contribution in [2.75, 3.05) is 13.2 Å². The Morgan fingerprint density at radius 3 is 1.69 bits per heavy atom. The largest absolute Gasteiger partial charge is 0.481 e. The van der Waals surface area contributed by atoms with E-state index in [1.54, 1.807) is 6.92 Å². The van der Waals surface area contributed by atoms with Gasteiger partial charge in [-0.3, -0.25) is 9.59 Å². The van der Waals surface area contributed by atoms with Crippen LogP contribution in [0.5, 0.6) is 0 Å². The van der Waals surface area contributed by atoms with E-state index >= 15 is 0 Å². The highest BCUT2D eigenvalue weighted by atomic mass is 16.5. The summed E-state index contributed by atoms with van der Waals surface area (Å²) < 4.78 is 10.1. The Hall–Kier alpha value is -1.85. The number of unbranched alkanes of at least 4 members (excludes halogenated alkanes) is 8. The standard InChI is InChI=1S/C20H34O6/c1-17(2)20(24)26-16-12-11-15-25-19(23)14-10-8-6-4-3-5-7-9-13-18(21)22/h1,3-16H2,2H3,(H,21,22). The van der Waals surface area contributed by atoms with Crippen molar-refractivity contribution < 1.29 is 29.0 Å². The fourth-order valence-electron chi connectivity index (χ4n) is 2.36. The van der Waals surface area contributed by atoms with Crippen molar-refractivity contribution in [2.24, 2.45) is 0 Å². The number of carboxylic acid groups (broad SMARTS) is 1. The van der Waals surface area contributed by atoms with E-state index in [1.807, 2.05) is 0 Å². The lowest BCUT2D eigenvalue weighted by molar-refractivity contribution is -0.144. The maximum Gasteiger partial charge on any atom is 0.333 e. The summed E-state index contributed by atoms with van der Waals surface area (Å²) in [6, 6.07) is 0. The van der Waals surface area contributed by atoms with Crippen LogP contribution in [0.15, 0.2) is 12.2 Å². The number of hydrogen-bond donors (Lipinski definition) is 1. The Balaban J connectivity index is 3.28. The lowest BCUT2D eigenvalue weighted by Crippen LogP contribution is -2.09. The maximum atomic E-state index is 11.6. The first-order chi connectivity index (χ1) is 12.4. The molecule has 0 aromatic heterocycles. The molecule has 0 saturated heterocycles. The topological polar surface area (TPSA) is 89.9 Å². The molecule has 0 rings (SSSR count). The molecule has 1 N–H and O–H groups in total. The quantitative estimate of drug-likeness (QED) is 0.232. The molecule has 0 amide bonds. The van der Waals surface area contributed by atoms with Crippen molar-refractivity contribution in [3.8, 4) is 0 Å². The van der Waals surface area contributed by atoms with Gasteiger partial charge >= 0.3 is 17.9 Å². The van der Waals surface area contributed by atoms with E-state index in [0.717, 1.165) is 51.4 Å². The number of aliphatic carboxylic acids is 1. The summed E-state index contributed by atoms with van der Waals surface area (Å²) in [5.74, 6) is -1.28. The highest BCUT2D eigenvalue weighted by Crippen LogP contribution is 2.11. The Bertz CT molecular complexity index is 430. The summed E-state index contributed by atoms with van der Waals surface area (Å²) in [7, 11) is 0. The molecule has 0 aromatic carbocycles. The Kier molecular flexibility index (Phi) is 15.4. The molecule has 0 saturated carbocycles. The van der Waals surface area contributed by atoms with E-state index in [4.69, 9.17) is 14.6 Å². The molecule has 26 heavy (non-hydrogen) atoms. The van der Waals surface area contributed by atoms with Crippen molar-refractivity contribution in [3.05, 3.63) is 12.2 Å². The van der Waals surface area contributed by atoms with Crippen LogP contribution in [-0.2, 0) is 23.9 Å². The molecule has 0 heterocycles. The van der Waals surface area contributed by atoms with Gasteiger partial charge in [-0.15, -0.1) is 0 Å². The summed E-state index contributed by atoms with van der Waals surface area (Å²) in [5.41, 5.74) is 0.384. The van der Waals surface area contributed by atoms with Gasteiger partial charge in [-0.05, 0) is 32.6 Å². The molecule has 0 aromatic rings. The monoisotopic (exact) mass is 370 g/mol. The van der Waals surface area contributed by atoms with Gasteiger partial charge in [0.25, 0.3) is 0 Å². The van der Waals surface area contributed by atoms with Gasteiger partial charge in [-0.2, -0.15) is 0 Å². The van der Waals surface area contributed by atoms with E-state index < -0.39 is 5.97 Å². The van der Waals surface area contributed by atoms with E-state index in [2.05, 4.69) is 6.58 Å². The molecule has 0 aliphatic heterocycles. The fraction of sp³-hybridized carbons (Fsp3) is 0.750. The summed E-state index contributed by atoms with van der Waals surface area (Å²) in [6.45, 7) is 5.78. The van der Waals surface area contributed by atoms with E-state index in [1.165, 1.54) is 0 Å². The van der Waals surface area contributed by atoms with Crippen molar-refractivity contribution in [1.82, 2.24) is 0 Å². The second kappa shape index (κ2) is 16.6. The molecule has 0 unspecified atom stereocenters. The van der Waals surface area contributed by atoms with Gasteiger partial charge < -0.3 is 14.6 Å². The molecule has 0 bridgehead atoms. The van der Waals surface area contributed by atoms with Gasteiger partial charge in [0.2, 0.25) is 0 Å². The second-order valence-corrected chi connectivity index (χ2v) is 6.57. The van der Waals surface area contributed by atoms with Crippen LogP contribution in [0, 0.1) is 0 Å². The minimum atomic E-state index is -0.719. The minimum absolute atomic E-state index is 0.169. The lowest BCUT2D eigenvalue weighted by Gasteiger charge is -2.06. The molecule has 150 valence electrons. The lowest BCUT2D eigenvalue weighted by atomic mass is 10.1. The summed E-state index contributed by atoms with van der Waals surface area (Å²) >= 11 is 0. The van der Waals surface area contributed by atoms with Gasteiger partial charge in [0.05, 0.1) is 13.2 Å². The van der Waals surface area contributed by atoms with Crippen molar-refractivity contribution in [1.29, 1.82) is 0 Å². The van der Waals surface area contributed by atoms with Gasteiger partial charge in [0.15, 0.2) is 0 Å². The van der Waals surface area contributed by atoms with Gasteiger partial charge in [0, 0.05) is 18.4 Å². The summed E-state index contributed by atoms with van der Waals surface area (Å²) in [5, 5.41) is 8.53. The van der Waals surface area contributed by atoms with Crippen LogP contribution < -0.4 is 0 Å². The van der Waals surface area contributed by atoms with E-state index in [0.29, 0.717) is 38.0 Å². The third-order valence-electron chi connectivity index (χ3n) is 3.90. The first-order valence-electron chi connectivity index (χ1n) is 9.63. The molecule has 0 radical (unpaired) electrons. The number of rotatable bonds is 17. The number of carboxylic acids is 1. The molecule has 6 heteroatoms. The van der Waals surface area contributed by atoms with Crippen LogP contribution >= 0.6 is 0 Å². The predicted molar refractivity (Wildman–Crippen MR) is 99.8 cm³/mol. The molecule has 0 atom stereocenters. The van der Waals surface area contributed by atoms with Crippen LogP contribution in [0.3, 0.4) is 0 Å². The van der Waals surface area contributed by atoms with Gasteiger partial charge in [0.1, 0.15) is 0 Å². The molecule has 6 nitrogen and oxygen atoms in total. The normalized spacial score (nSPS) is 10.3. The molecule has 0 spiro atoms. The highest BCUT2D eigenvalue weighted by Gasteiger charge is 2.04. The zero-order valence-corrected chi connectivity index (χ0v) is 16.1.